The van der Waals surface area contributed by atoms with Crippen LogP contribution in [0.25, 0.3) is 0 Å². The van der Waals surface area contributed by atoms with E-state index < -0.39 is 18.0 Å². The minimum absolute atomic E-state index is 0.0250. The van der Waals surface area contributed by atoms with Crippen LogP contribution in [0.4, 0.5) is 19.1 Å². The quantitative estimate of drug-likeness (QED) is 0.802. The normalized spacial score (nSPS) is 22.7. The van der Waals surface area contributed by atoms with Crippen LogP contribution in [0, 0.1) is 5.92 Å². The monoisotopic (exact) mass is 382 g/mol. The van der Waals surface area contributed by atoms with Gasteiger partial charge in [-0.05, 0) is 30.0 Å². The Morgan fingerprint density at radius 2 is 2.08 bits per heavy atom. The molecule has 1 aliphatic carbocycles. The first-order chi connectivity index (χ1) is 12.2. The summed E-state index contributed by atoms with van der Waals surface area (Å²) in [7, 11) is 0. The fraction of sp³-hybridized carbons (Fsp3) is 0.353. The van der Waals surface area contributed by atoms with Crippen molar-refractivity contribution < 1.29 is 18.0 Å². The Morgan fingerprint density at radius 1 is 1.31 bits per heavy atom. The summed E-state index contributed by atoms with van der Waals surface area (Å²) in [5, 5.41) is 6.95. The average molecular weight is 383 g/mol. The molecule has 2 aromatic rings. The van der Waals surface area contributed by atoms with Crippen LogP contribution in [0.2, 0.25) is 5.02 Å². The zero-order valence-electron chi connectivity index (χ0n) is 13.6. The average Bonchev–Trinajstić information content (AvgIpc) is 2.96. The summed E-state index contributed by atoms with van der Waals surface area (Å²) in [5.41, 5.74) is 1.62. The van der Waals surface area contributed by atoms with E-state index in [9.17, 15) is 18.0 Å². The highest BCUT2D eigenvalue weighted by atomic mass is 35.5. The standard InChI is InChI=1S/C17H14ClF3N4O/c1-8-5-11-13(12(26)6-8)14(9-3-2-4-10(18)7-9)25-16(22-11)23-15(24-25)17(19,20)21/h2-4,7-8,14H,5-6H2,1H3,(H,22,23,24)/t8-,14-/m0/s1. The van der Waals surface area contributed by atoms with Gasteiger partial charge in [-0.2, -0.15) is 18.2 Å². The van der Waals surface area contributed by atoms with Crippen LogP contribution in [0.15, 0.2) is 35.5 Å². The number of Topliss-reactive ketones (excluding diaryl/α,β-unsaturated/α-hetero) is 1. The number of nitrogens with zero attached hydrogens (tertiary/aromatic N) is 3. The molecule has 0 amide bonds. The number of allylic oxidation sites excluding steroid dienone is 2. The smallest absolute Gasteiger partial charge is 0.328 e. The van der Waals surface area contributed by atoms with Gasteiger partial charge in [-0.25, -0.2) is 4.68 Å². The molecule has 5 nitrogen and oxygen atoms in total. The van der Waals surface area contributed by atoms with E-state index in [0.29, 0.717) is 34.7 Å². The lowest BCUT2D eigenvalue weighted by Crippen LogP contribution is -2.33. The van der Waals surface area contributed by atoms with E-state index >= 15 is 0 Å². The lowest BCUT2D eigenvalue weighted by Gasteiger charge is -2.34. The number of nitrogens with one attached hydrogen (secondary N) is 1. The van der Waals surface area contributed by atoms with Crippen molar-refractivity contribution in [2.45, 2.75) is 32.0 Å². The zero-order valence-corrected chi connectivity index (χ0v) is 14.4. The number of halogens is 4. The van der Waals surface area contributed by atoms with E-state index in [-0.39, 0.29) is 17.6 Å². The summed E-state index contributed by atoms with van der Waals surface area (Å²) in [6.07, 6.45) is -3.78. The zero-order chi connectivity index (χ0) is 18.6. The number of fused-ring (bicyclic) bond motifs is 1. The van der Waals surface area contributed by atoms with Crippen molar-refractivity contribution in [1.82, 2.24) is 14.8 Å². The maximum Gasteiger partial charge on any atom is 0.453 e. The largest absolute Gasteiger partial charge is 0.453 e. The molecule has 2 heterocycles. The Labute approximate surface area is 151 Å². The van der Waals surface area contributed by atoms with Gasteiger partial charge in [0.25, 0.3) is 5.82 Å². The molecule has 0 spiro atoms. The third-order valence-electron chi connectivity index (χ3n) is 4.54. The van der Waals surface area contributed by atoms with Gasteiger partial charge in [-0.1, -0.05) is 30.7 Å². The van der Waals surface area contributed by atoms with Crippen molar-refractivity contribution in [3.8, 4) is 0 Å². The van der Waals surface area contributed by atoms with Crippen molar-refractivity contribution in [2.75, 3.05) is 5.32 Å². The molecule has 2 atom stereocenters. The van der Waals surface area contributed by atoms with E-state index in [0.717, 1.165) is 4.68 Å². The summed E-state index contributed by atoms with van der Waals surface area (Å²) in [4.78, 5) is 16.3. The minimum atomic E-state index is -4.68. The van der Waals surface area contributed by atoms with Gasteiger partial charge in [0.2, 0.25) is 5.95 Å². The molecule has 0 unspecified atom stereocenters. The third-order valence-corrected chi connectivity index (χ3v) is 4.78. The van der Waals surface area contributed by atoms with Gasteiger partial charge in [0.05, 0.1) is 0 Å². The highest BCUT2D eigenvalue weighted by molar-refractivity contribution is 6.30. The maximum absolute atomic E-state index is 13.1. The molecule has 1 N–H and O–H groups in total. The molecule has 4 rings (SSSR count). The molecule has 0 bridgehead atoms. The number of ketones is 1. The van der Waals surface area contributed by atoms with Crippen LogP contribution in [-0.4, -0.2) is 20.5 Å². The van der Waals surface area contributed by atoms with E-state index in [1.165, 1.54) is 0 Å². The Hall–Kier alpha value is -2.35. The predicted molar refractivity (Wildman–Crippen MR) is 88.7 cm³/mol. The number of carbonyl (C=O) groups excluding carboxylic acids is 1. The lowest BCUT2D eigenvalue weighted by molar-refractivity contribution is -0.145. The number of aromatic nitrogens is 3. The molecule has 2 aliphatic rings. The van der Waals surface area contributed by atoms with Crippen molar-refractivity contribution in [3.05, 3.63) is 51.9 Å². The van der Waals surface area contributed by atoms with Crippen molar-refractivity contribution in [2.24, 2.45) is 5.92 Å². The summed E-state index contributed by atoms with van der Waals surface area (Å²) >= 11 is 6.06. The number of carbonyl (C=O) groups is 1. The summed E-state index contributed by atoms with van der Waals surface area (Å²) < 4.78 is 40.5. The van der Waals surface area contributed by atoms with Gasteiger partial charge < -0.3 is 5.32 Å². The molecule has 1 aromatic carbocycles. The number of alkyl halides is 3. The molecule has 1 aromatic heterocycles. The molecule has 26 heavy (non-hydrogen) atoms. The van der Waals surface area contributed by atoms with Crippen LogP contribution in [-0.2, 0) is 11.0 Å². The van der Waals surface area contributed by atoms with Gasteiger partial charge >= 0.3 is 6.18 Å². The number of hydrogen-bond acceptors (Lipinski definition) is 4. The second-order valence-electron chi connectivity index (χ2n) is 6.61. The van der Waals surface area contributed by atoms with Crippen molar-refractivity contribution in [1.29, 1.82) is 0 Å². The molecular formula is C17H14ClF3N4O. The fourth-order valence-corrected chi connectivity index (χ4v) is 3.71. The van der Waals surface area contributed by atoms with E-state index in [1.54, 1.807) is 24.3 Å². The number of hydrogen-bond donors (Lipinski definition) is 1. The summed E-state index contributed by atoms with van der Waals surface area (Å²) in [6, 6.07) is 5.92. The second kappa shape index (κ2) is 5.84. The van der Waals surface area contributed by atoms with E-state index in [1.807, 2.05) is 6.92 Å². The van der Waals surface area contributed by atoms with Crippen molar-refractivity contribution >= 4 is 23.3 Å². The van der Waals surface area contributed by atoms with Crippen LogP contribution in [0.3, 0.4) is 0 Å². The molecular weight excluding hydrogens is 369 g/mol. The number of rotatable bonds is 1. The third kappa shape index (κ3) is 2.78. The molecule has 0 saturated carbocycles. The van der Waals surface area contributed by atoms with Crippen LogP contribution in [0.1, 0.15) is 37.2 Å². The van der Waals surface area contributed by atoms with E-state index in [4.69, 9.17) is 11.6 Å². The van der Waals surface area contributed by atoms with Gasteiger partial charge in [-0.3, -0.25) is 4.79 Å². The Bertz CT molecular complexity index is 934. The SMILES string of the molecule is C[C@@H]1CC(=O)C2=C(C1)Nc1nc(C(F)(F)F)nn1[C@H]2c1cccc(Cl)c1. The Balaban J connectivity index is 1.92. The second-order valence-corrected chi connectivity index (χ2v) is 7.05. The molecule has 136 valence electrons. The molecule has 0 radical (unpaired) electrons. The molecule has 0 fully saturated rings. The van der Waals surface area contributed by atoms with Gasteiger partial charge in [-0.15, -0.1) is 5.10 Å². The molecule has 9 heteroatoms. The minimum Gasteiger partial charge on any atom is -0.328 e. The predicted octanol–water partition coefficient (Wildman–Crippen LogP) is 4.22. The molecule has 0 saturated heterocycles. The first-order valence-corrected chi connectivity index (χ1v) is 8.44. The van der Waals surface area contributed by atoms with Crippen LogP contribution >= 0.6 is 11.6 Å². The highest BCUT2D eigenvalue weighted by Gasteiger charge is 2.42. The van der Waals surface area contributed by atoms with Crippen LogP contribution < -0.4 is 5.32 Å². The fourth-order valence-electron chi connectivity index (χ4n) is 3.51. The first kappa shape index (κ1) is 17.1. The van der Waals surface area contributed by atoms with E-state index in [2.05, 4.69) is 15.4 Å². The van der Waals surface area contributed by atoms with Gasteiger partial charge in [0, 0.05) is 22.7 Å². The summed E-state index contributed by atoms with van der Waals surface area (Å²) in [5.74, 6) is -1.27. The maximum atomic E-state index is 13.1. The highest BCUT2D eigenvalue weighted by Crippen LogP contribution is 2.42. The lowest BCUT2D eigenvalue weighted by atomic mass is 9.81. The number of benzene rings is 1. The first-order valence-electron chi connectivity index (χ1n) is 8.06. The topological polar surface area (TPSA) is 59.8 Å². The Kier molecular flexibility index (Phi) is 3.83. The number of anilines is 1. The summed E-state index contributed by atoms with van der Waals surface area (Å²) in [6.45, 7) is 1.93. The molecule has 1 aliphatic heterocycles. The van der Waals surface area contributed by atoms with Gasteiger partial charge in [0.1, 0.15) is 6.04 Å². The van der Waals surface area contributed by atoms with Gasteiger partial charge in [0.15, 0.2) is 5.78 Å². The van der Waals surface area contributed by atoms with Crippen molar-refractivity contribution in [3.63, 3.8) is 0 Å². The Morgan fingerprint density at radius 3 is 2.77 bits per heavy atom. The van der Waals surface area contributed by atoms with Crippen LogP contribution in [0.5, 0.6) is 0 Å².